The molecule has 0 radical (unpaired) electrons. The Labute approximate surface area is 170 Å². The van der Waals surface area contributed by atoms with Crippen LogP contribution in [0, 0.1) is 0 Å². The fourth-order valence-electron chi connectivity index (χ4n) is 2.63. The maximum Gasteiger partial charge on any atom is 0.238 e. The lowest BCUT2D eigenvalue weighted by atomic mass is 10.1. The van der Waals surface area contributed by atoms with Crippen molar-refractivity contribution in [1.82, 2.24) is 9.38 Å². The zero-order valence-electron chi connectivity index (χ0n) is 14.3. The van der Waals surface area contributed by atoms with E-state index < -0.39 is 10.0 Å². The summed E-state index contributed by atoms with van der Waals surface area (Å²) in [5.74, 6) is 0. The predicted octanol–water partition coefficient (Wildman–Crippen LogP) is 3.81. The van der Waals surface area contributed by atoms with Crippen LogP contribution < -0.4 is 10.6 Å². The molecule has 3 N–H and O–H groups in total. The second-order valence-corrected chi connectivity index (χ2v) is 8.72. The first-order valence-electron chi connectivity index (χ1n) is 8.05. The van der Waals surface area contributed by atoms with Crippen molar-refractivity contribution in [2.24, 2.45) is 10.2 Å². The van der Waals surface area contributed by atoms with Gasteiger partial charge in [-0.15, -0.1) is 11.3 Å². The minimum absolute atomic E-state index is 0.0443. The van der Waals surface area contributed by atoms with Crippen LogP contribution in [0.5, 0.6) is 0 Å². The van der Waals surface area contributed by atoms with Gasteiger partial charge in [0.2, 0.25) is 10.0 Å². The maximum absolute atomic E-state index is 11.3. The van der Waals surface area contributed by atoms with Crippen molar-refractivity contribution in [3.63, 3.8) is 0 Å². The normalized spacial score (nSPS) is 12.1. The van der Waals surface area contributed by atoms with Gasteiger partial charge in [-0.25, -0.2) is 18.5 Å². The number of hydrazone groups is 1. The summed E-state index contributed by atoms with van der Waals surface area (Å²) >= 11 is 7.51. The molecule has 0 fully saturated rings. The molecule has 0 bridgehead atoms. The first-order valence-corrected chi connectivity index (χ1v) is 10.9. The van der Waals surface area contributed by atoms with E-state index in [-0.39, 0.29) is 4.90 Å². The van der Waals surface area contributed by atoms with Gasteiger partial charge >= 0.3 is 0 Å². The smallest absolute Gasteiger partial charge is 0.238 e. The van der Waals surface area contributed by atoms with E-state index in [4.69, 9.17) is 16.7 Å². The maximum atomic E-state index is 11.3. The molecule has 4 aromatic rings. The third-order valence-corrected chi connectivity index (χ3v) is 5.92. The van der Waals surface area contributed by atoms with E-state index in [2.05, 4.69) is 15.5 Å². The summed E-state index contributed by atoms with van der Waals surface area (Å²) < 4.78 is 24.6. The topological polar surface area (TPSA) is 102 Å². The monoisotopic (exact) mass is 431 g/mol. The third-order valence-electron chi connectivity index (χ3n) is 3.98. The van der Waals surface area contributed by atoms with Gasteiger partial charge in [-0.05, 0) is 36.4 Å². The molecular formula is C18H14ClN5O2S2. The molecule has 0 unspecified atom stereocenters. The highest BCUT2D eigenvalue weighted by atomic mass is 35.5. The Morgan fingerprint density at radius 3 is 2.54 bits per heavy atom. The minimum Gasteiger partial charge on any atom is -0.289 e. The lowest BCUT2D eigenvalue weighted by Crippen LogP contribution is -2.11. The minimum atomic E-state index is -3.72. The van der Waals surface area contributed by atoms with E-state index in [1.165, 1.54) is 23.5 Å². The van der Waals surface area contributed by atoms with Gasteiger partial charge in [-0.1, -0.05) is 23.7 Å². The molecule has 28 heavy (non-hydrogen) atoms. The van der Waals surface area contributed by atoms with Crippen molar-refractivity contribution in [2.75, 3.05) is 5.43 Å². The highest BCUT2D eigenvalue weighted by Crippen LogP contribution is 2.26. The predicted molar refractivity (Wildman–Crippen MR) is 113 cm³/mol. The van der Waals surface area contributed by atoms with E-state index in [1.54, 1.807) is 18.3 Å². The zero-order chi connectivity index (χ0) is 19.7. The molecule has 0 spiro atoms. The second-order valence-electron chi connectivity index (χ2n) is 5.85. The number of aromatic nitrogens is 2. The van der Waals surface area contributed by atoms with Crippen LogP contribution >= 0.6 is 22.9 Å². The van der Waals surface area contributed by atoms with Crippen LogP contribution in [0.15, 0.2) is 70.1 Å². The Kier molecular flexibility index (Phi) is 4.90. The number of benzene rings is 2. The molecule has 2 aromatic carbocycles. The van der Waals surface area contributed by atoms with Crippen LogP contribution in [0.2, 0.25) is 5.02 Å². The van der Waals surface area contributed by atoms with Crippen molar-refractivity contribution < 1.29 is 8.42 Å². The van der Waals surface area contributed by atoms with Gasteiger partial charge in [0.25, 0.3) is 0 Å². The van der Waals surface area contributed by atoms with E-state index in [0.29, 0.717) is 10.7 Å². The zero-order valence-corrected chi connectivity index (χ0v) is 16.7. The number of nitrogens with zero attached hydrogens (tertiary/aromatic N) is 3. The number of nitrogens with two attached hydrogens (primary N) is 1. The molecule has 0 saturated heterocycles. The molecule has 2 heterocycles. The number of hydrogen-bond donors (Lipinski definition) is 2. The Bertz CT molecular complexity index is 1260. The van der Waals surface area contributed by atoms with Gasteiger partial charge in [0.05, 0.1) is 28.2 Å². The molecule has 7 nitrogen and oxygen atoms in total. The number of anilines is 1. The molecule has 2 aromatic heterocycles. The lowest BCUT2D eigenvalue weighted by molar-refractivity contribution is 0.598. The molecular weight excluding hydrogens is 418 g/mol. The number of nitrogens with one attached hydrogen (secondary N) is 1. The van der Waals surface area contributed by atoms with Crippen LogP contribution in [0.25, 0.3) is 16.2 Å². The molecule has 4 rings (SSSR count). The highest BCUT2D eigenvalue weighted by molar-refractivity contribution is 7.89. The van der Waals surface area contributed by atoms with Crippen LogP contribution in [-0.2, 0) is 10.0 Å². The number of hydrogen-bond acceptors (Lipinski definition) is 6. The van der Waals surface area contributed by atoms with Gasteiger partial charge in [0.15, 0.2) is 4.96 Å². The number of halogens is 1. The molecule has 0 saturated carbocycles. The molecule has 0 aliphatic heterocycles. The average molecular weight is 432 g/mol. The molecule has 10 heteroatoms. The average Bonchev–Trinajstić information content (AvgIpc) is 3.24. The Balaban J connectivity index is 1.63. The largest absolute Gasteiger partial charge is 0.289 e. The number of imidazole rings is 1. The second kappa shape index (κ2) is 7.36. The molecule has 0 aliphatic carbocycles. The first-order chi connectivity index (χ1) is 13.4. The fourth-order valence-corrected chi connectivity index (χ4v) is 4.00. The summed E-state index contributed by atoms with van der Waals surface area (Å²) in [5, 5.41) is 12.0. The summed E-state index contributed by atoms with van der Waals surface area (Å²) in [7, 11) is -3.72. The van der Waals surface area contributed by atoms with Crippen molar-refractivity contribution in [2.45, 2.75) is 4.90 Å². The van der Waals surface area contributed by atoms with Gasteiger partial charge in [-0.2, -0.15) is 5.10 Å². The summed E-state index contributed by atoms with van der Waals surface area (Å²) in [6.45, 7) is 0. The fraction of sp³-hybridized carbons (Fsp3) is 0. The lowest BCUT2D eigenvalue weighted by Gasteiger charge is -2.03. The number of rotatable bonds is 5. The van der Waals surface area contributed by atoms with E-state index >= 15 is 0 Å². The van der Waals surface area contributed by atoms with Crippen molar-refractivity contribution in [1.29, 1.82) is 0 Å². The van der Waals surface area contributed by atoms with Gasteiger partial charge in [0, 0.05) is 22.2 Å². The van der Waals surface area contributed by atoms with Gasteiger partial charge in [-0.3, -0.25) is 9.83 Å². The summed E-state index contributed by atoms with van der Waals surface area (Å²) in [6.07, 6.45) is 3.60. The third kappa shape index (κ3) is 3.78. The van der Waals surface area contributed by atoms with Gasteiger partial charge < -0.3 is 0 Å². The summed E-state index contributed by atoms with van der Waals surface area (Å²) in [4.78, 5) is 5.57. The molecule has 0 aliphatic rings. The van der Waals surface area contributed by atoms with Crippen LogP contribution in [0.3, 0.4) is 0 Å². The quantitative estimate of drug-likeness (QED) is 0.370. The summed E-state index contributed by atoms with van der Waals surface area (Å²) in [5.41, 5.74) is 6.04. The van der Waals surface area contributed by atoms with E-state index in [1.807, 2.05) is 40.2 Å². The molecule has 0 amide bonds. The number of thiazole rings is 1. The van der Waals surface area contributed by atoms with Crippen LogP contribution in [0.1, 0.15) is 5.69 Å². The Morgan fingerprint density at radius 1 is 1.14 bits per heavy atom. The number of fused-ring (bicyclic) bond motifs is 1. The standard InChI is InChI=1S/C18H14ClN5O2S2/c19-13-3-1-12(2-4-13)17-16(24-9-10-27-18(24)22-17)11-21-23-14-5-7-15(8-6-14)28(20,25)26/h1-11,23H,(H2,20,25,26)/b21-11+. The summed E-state index contributed by atoms with van der Waals surface area (Å²) in [6, 6.07) is 13.5. The molecule has 0 atom stereocenters. The van der Waals surface area contributed by atoms with Crippen molar-refractivity contribution in [3.05, 3.63) is 70.8 Å². The van der Waals surface area contributed by atoms with Crippen LogP contribution in [0.4, 0.5) is 5.69 Å². The highest BCUT2D eigenvalue weighted by Gasteiger charge is 2.13. The SMILES string of the molecule is NS(=O)(=O)c1ccc(N/N=C/c2c(-c3ccc(Cl)cc3)nc3sccn23)cc1. The molecule has 142 valence electrons. The van der Waals surface area contributed by atoms with Gasteiger partial charge in [0.1, 0.15) is 0 Å². The number of sulfonamides is 1. The Hall–Kier alpha value is -2.72. The van der Waals surface area contributed by atoms with Crippen molar-refractivity contribution in [3.8, 4) is 11.3 Å². The van der Waals surface area contributed by atoms with Crippen LogP contribution in [-0.4, -0.2) is 24.0 Å². The first kappa shape index (κ1) is 18.6. The van der Waals surface area contributed by atoms with Crippen molar-refractivity contribution >= 4 is 49.8 Å². The Morgan fingerprint density at radius 2 is 1.86 bits per heavy atom. The van der Waals surface area contributed by atoms with E-state index in [0.717, 1.165) is 21.9 Å². The van der Waals surface area contributed by atoms with E-state index in [9.17, 15) is 8.42 Å². The number of primary sulfonamides is 1.